The fraction of sp³-hybridized carbons (Fsp3) is 0.250. The summed E-state index contributed by atoms with van der Waals surface area (Å²) in [6, 6.07) is 8.90. The third-order valence-corrected chi connectivity index (χ3v) is 3.26. The van der Waals surface area contributed by atoms with Gasteiger partial charge < -0.3 is 10.1 Å². The van der Waals surface area contributed by atoms with Crippen LogP contribution in [0.4, 0.5) is 8.78 Å². The molecule has 0 fully saturated rings. The summed E-state index contributed by atoms with van der Waals surface area (Å²) in [5.74, 6) is -0.496. The van der Waals surface area contributed by atoms with Gasteiger partial charge in [0, 0.05) is 17.2 Å². The summed E-state index contributed by atoms with van der Waals surface area (Å²) in [4.78, 5) is 0. The van der Waals surface area contributed by atoms with Crippen LogP contribution < -0.4 is 10.1 Å². The minimum absolute atomic E-state index is 0.387. The smallest absolute Gasteiger partial charge is 0.131 e. The second-order valence-corrected chi connectivity index (χ2v) is 4.63. The Balaban J connectivity index is 2.54. The largest absolute Gasteiger partial charge is 0.496 e. The van der Waals surface area contributed by atoms with Gasteiger partial charge in [-0.2, -0.15) is 0 Å². The molecule has 0 aliphatic heterocycles. The van der Waals surface area contributed by atoms with Crippen LogP contribution in [-0.2, 0) is 0 Å². The molecule has 1 unspecified atom stereocenters. The lowest BCUT2D eigenvalue weighted by Gasteiger charge is -2.21. The van der Waals surface area contributed by atoms with E-state index in [9.17, 15) is 8.78 Å². The van der Waals surface area contributed by atoms with Crippen molar-refractivity contribution in [2.24, 2.45) is 0 Å². The second kappa shape index (κ2) is 6.01. The van der Waals surface area contributed by atoms with Crippen molar-refractivity contribution in [2.75, 3.05) is 14.2 Å². The minimum atomic E-state index is -0.586. The number of methoxy groups -OCH3 is 1. The van der Waals surface area contributed by atoms with E-state index < -0.39 is 17.7 Å². The summed E-state index contributed by atoms with van der Waals surface area (Å²) in [5, 5.41) is 3.05. The molecule has 0 aliphatic carbocycles. The van der Waals surface area contributed by atoms with E-state index in [2.05, 4.69) is 5.32 Å². The van der Waals surface area contributed by atoms with E-state index in [1.54, 1.807) is 14.2 Å². The average Bonchev–Trinajstić information content (AvgIpc) is 2.42. The van der Waals surface area contributed by atoms with E-state index >= 15 is 0 Å². The van der Waals surface area contributed by atoms with Crippen LogP contribution in [0.3, 0.4) is 0 Å². The van der Waals surface area contributed by atoms with Gasteiger partial charge in [-0.1, -0.05) is 23.8 Å². The van der Waals surface area contributed by atoms with E-state index in [4.69, 9.17) is 4.74 Å². The summed E-state index contributed by atoms with van der Waals surface area (Å²) >= 11 is 0. The van der Waals surface area contributed by atoms with Crippen LogP contribution in [0.1, 0.15) is 22.7 Å². The highest BCUT2D eigenvalue weighted by molar-refractivity contribution is 5.44. The fourth-order valence-electron chi connectivity index (χ4n) is 2.29. The van der Waals surface area contributed by atoms with Gasteiger partial charge in [0.15, 0.2) is 0 Å². The molecule has 0 saturated heterocycles. The van der Waals surface area contributed by atoms with E-state index in [0.29, 0.717) is 11.3 Å². The third-order valence-electron chi connectivity index (χ3n) is 3.26. The van der Waals surface area contributed by atoms with Crippen molar-refractivity contribution in [3.8, 4) is 5.75 Å². The Labute approximate surface area is 117 Å². The molecule has 4 heteroatoms. The zero-order valence-corrected chi connectivity index (χ0v) is 11.7. The molecule has 0 spiro atoms. The molecule has 2 nitrogen and oxygen atoms in total. The standard InChI is InChI=1S/C16H17F2NO/c1-10-4-7-15(20-3)13(8-10)16(19-2)12-6-5-11(17)9-14(12)18/h4-9,16,19H,1-3H3. The maximum atomic E-state index is 14.0. The zero-order valence-electron chi connectivity index (χ0n) is 11.7. The van der Waals surface area contributed by atoms with Crippen molar-refractivity contribution in [2.45, 2.75) is 13.0 Å². The number of rotatable bonds is 4. The normalized spacial score (nSPS) is 12.2. The molecule has 0 aromatic heterocycles. The van der Waals surface area contributed by atoms with Gasteiger partial charge in [-0.3, -0.25) is 0 Å². The quantitative estimate of drug-likeness (QED) is 0.922. The highest BCUT2D eigenvalue weighted by Crippen LogP contribution is 2.32. The molecule has 1 atom stereocenters. The molecule has 0 amide bonds. The van der Waals surface area contributed by atoms with E-state index in [-0.39, 0.29) is 0 Å². The molecule has 0 heterocycles. The topological polar surface area (TPSA) is 21.3 Å². The lowest BCUT2D eigenvalue weighted by Crippen LogP contribution is -2.20. The number of halogens is 2. The van der Waals surface area contributed by atoms with Gasteiger partial charge in [0.2, 0.25) is 0 Å². The molecule has 106 valence electrons. The summed E-state index contributed by atoms with van der Waals surface area (Å²) in [6.07, 6.45) is 0. The van der Waals surface area contributed by atoms with Crippen LogP contribution in [0.25, 0.3) is 0 Å². The van der Waals surface area contributed by atoms with E-state index in [0.717, 1.165) is 17.2 Å². The van der Waals surface area contributed by atoms with Crippen molar-refractivity contribution < 1.29 is 13.5 Å². The predicted molar refractivity (Wildman–Crippen MR) is 75.0 cm³/mol. The van der Waals surface area contributed by atoms with Crippen molar-refractivity contribution in [1.82, 2.24) is 5.32 Å². The minimum Gasteiger partial charge on any atom is -0.496 e. The third kappa shape index (κ3) is 2.80. The van der Waals surface area contributed by atoms with Gasteiger partial charge in [0.25, 0.3) is 0 Å². The van der Waals surface area contributed by atoms with Gasteiger partial charge in [-0.05, 0) is 26.1 Å². The van der Waals surface area contributed by atoms with Crippen LogP contribution in [0, 0.1) is 18.6 Å². The molecule has 20 heavy (non-hydrogen) atoms. The van der Waals surface area contributed by atoms with Crippen molar-refractivity contribution in [3.63, 3.8) is 0 Å². The Morgan fingerprint density at radius 1 is 1.05 bits per heavy atom. The summed E-state index contributed by atoms with van der Waals surface area (Å²) in [6.45, 7) is 1.96. The van der Waals surface area contributed by atoms with Crippen LogP contribution >= 0.6 is 0 Å². The first-order chi connectivity index (χ1) is 9.56. The number of hydrogen-bond donors (Lipinski definition) is 1. The number of benzene rings is 2. The van der Waals surface area contributed by atoms with Gasteiger partial charge >= 0.3 is 0 Å². The highest BCUT2D eigenvalue weighted by Gasteiger charge is 2.20. The maximum Gasteiger partial charge on any atom is 0.131 e. The number of nitrogens with one attached hydrogen (secondary N) is 1. The Morgan fingerprint density at radius 2 is 1.80 bits per heavy atom. The van der Waals surface area contributed by atoms with Gasteiger partial charge in [-0.15, -0.1) is 0 Å². The average molecular weight is 277 g/mol. The summed E-state index contributed by atoms with van der Waals surface area (Å²) in [7, 11) is 3.30. The van der Waals surface area contributed by atoms with E-state index in [1.807, 2.05) is 25.1 Å². The molecule has 2 aromatic carbocycles. The van der Waals surface area contributed by atoms with Crippen molar-refractivity contribution in [1.29, 1.82) is 0 Å². The Kier molecular flexibility index (Phi) is 4.35. The van der Waals surface area contributed by atoms with Crippen LogP contribution in [0.5, 0.6) is 5.75 Å². The predicted octanol–water partition coefficient (Wildman–Crippen LogP) is 3.59. The lowest BCUT2D eigenvalue weighted by molar-refractivity contribution is 0.404. The van der Waals surface area contributed by atoms with Gasteiger partial charge in [-0.25, -0.2) is 8.78 Å². The van der Waals surface area contributed by atoms with Crippen LogP contribution in [-0.4, -0.2) is 14.2 Å². The molecule has 0 saturated carbocycles. The Morgan fingerprint density at radius 3 is 2.40 bits per heavy atom. The Bertz CT molecular complexity index is 613. The molecule has 0 bridgehead atoms. The highest BCUT2D eigenvalue weighted by atomic mass is 19.1. The first-order valence-electron chi connectivity index (χ1n) is 6.33. The molecule has 0 radical (unpaired) electrons. The van der Waals surface area contributed by atoms with Crippen LogP contribution in [0.2, 0.25) is 0 Å². The molecular formula is C16H17F2NO. The van der Waals surface area contributed by atoms with Gasteiger partial charge in [0.05, 0.1) is 13.2 Å². The summed E-state index contributed by atoms with van der Waals surface area (Å²) < 4.78 is 32.4. The molecular weight excluding hydrogens is 260 g/mol. The zero-order chi connectivity index (χ0) is 14.7. The lowest BCUT2D eigenvalue weighted by atomic mass is 9.96. The maximum absolute atomic E-state index is 14.0. The molecule has 2 aromatic rings. The number of ether oxygens (including phenoxy) is 1. The first kappa shape index (κ1) is 14.5. The van der Waals surface area contributed by atoms with Crippen LogP contribution in [0.15, 0.2) is 36.4 Å². The van der Waals surface area contributed by atoms with Crippen molar-refractivity contribution >= 4 is 0 Å². The first-order valence-corrected chi connectivity index (χ1v) is 6.33. The SMILES string of the molecule is CNC(c1ccc(F)cc1F)c1cc(C)ccc1OC. The van der Waals surface area contributed by atoms with Crippen molar-refractivity contribution in [3.05, 3.63) is 64.7 Å². The fourth-order valence-corrected chi connectivity index (χ4v) is 2.29. The summed E-state index contributed by atoms with van der Waals surface area (Å²) in [5.41, 5.74) is 2.25. The second-order valence-electron chi connectivity index (χ2n) is 4.63. The molecule has 1 N–H and O–H groups in total. The molecule has 0 aliphatic rings. The number of hydrogen-bond acceptors (Lipinski definition) is 2. The monoisotopic (exact) mass is 277 g/mol. The van der Waals surface area contributed by atoms with E-state index in [1.165, 1.54) is 12.1 Å². The van der Waals surface area contributed by atoms with Gasteiger partial charge in [0.1, 0.15) is 17.4 Å². The molecule has 2 rings (SSSR count). The number of aryl methyl sites for hydroxylation is 1. The Hall–Kier alpha value is -1.94.